The number of halogens is 2. The van der Waals surface area contributed by atoms with Gasteiger partial charge in [-0.05, 0) is 85.9 Å². The van der Waals surface area contributed by atoms with Crippen molar-refractivity contribution in [1.29, 1.82) is 0 Å². The number of thioether (sulfide) groups is 1. The van der Waals surface area contributed by atoms with Crippen LogP contribution in [0.5, 0.6) is 0 Å². The average Bonchev–Trinajstić information content (AvgIpc) is 3.54. The molecule has 1 saturated heterocycles. The summed E-state index contributed by atoms with van der Waals surface area (Å²) < 4.78 is 32.9. The van der Waals surface area contributed by atoms with E-state index in [-0.39, 0.29) is 18.3 Å². The maximum Gasteiger partial charge on any atom is 0.148 e. The van der Waals surface area contributed by atoms with Gasteiger partial charge in [-0.25, -0.2) is 13.8 Å². The highest BCUT2D eigenvalue weighted by Crippen LogP contribution is 2.36. The first kappa shape index (κ1) is 34.6. The molecule has 4 aromatic rings. The SMILES string of the molecule is C=N/C(=C\C=N/CNc1ccc(N2CCN(CCSC)CC2)c(F)c1)c1sc(CC)nc1-c1ccc(F)c(NSc2ccccc2)c1. The number of piperazine rings is 1. The number of benzene rings is 3. The van der Waals surface area contributed by atoms with Gasteiger partial charge >= 0.3 is 0 Å². The van der Waals surface area contributed by atoms with Gasteiger partial charge in [0.05, 0.1) is 32.7 Å². The normalized spacial score (nSPS) is 14.1. The maximum atomic E-state index is 15.0. The minimum absolute atomic E-state index is 0.239. The molecule has 47 heavy (non-hydrogen) atoms. The van der Waals surface area contributed by atoms with Crippen molar-refractivity contribution < 1.29 is 8.78 Å². The molecule has 0 atom stereocenters. The summed E-state index contributed by atoms with van der Waals surface area (Å²) in [4.78, 5) is 19.9. The molecule has 5 rings (SSSR count). The molecule has 0 spiro atoms. The number of anilines is 3. The number of aromatic nitrogens is 1. The number of hydrogen-bond acceptors (Lipinski definition) is 10. The van der Waals surface area contributed by atoms with Gasteiger partial charge in [-0.3, -0.25) is 14.9 Å². The first-order valence-corrected chi connectivity index (χ1v) is 18.5. The van der Waals surface area contributed by atoms with Crippen molar-refractivity contribution in [3.05, 3.63) is 94.3 Å². The number of hydrogen-bond donors (Lipinski definition) is 2. The molecular formula is C35H39F2N7S3. The van der Waals surface area contributed by atoms with Gasteiger partial charge in [-0.2, -0.15) is 11.8 Å². The average molecular weight is 692 g/mol. The van der Waals surface area contributed by atoms with Crippen LogP contribution in [0.4, 0.5) is 25.8 Å². The van der Waals surface area contributed by atoms with Gasteiger partial charge in [0.1, 0.15) is 18.3 Å². The van der Waals surface area contributed by atoms with Crippen LogP contribution in [-0.4, -0.2) is 74.2 Å². The molecule has 2 N–H and O–H groups in total. The second-order valence-corrected chi connectivity index (χ2v) is 13.7. The lowest BCUT2D eigenvalue weighted by molar-refractivity contribution is 0.272. The molecule has 0 amide bonds. The van der Waals surface area contributed by atoms with Crippen LogP contribution in [0.25, 0.3) is 17.0 Å². The third-order valence-corrected chi connectivity index (χ3v) is 10.3. The lowest BCUT2D eigenvalue weighted by atomic mass is 10.1. The van der Waals surface area contributed by atoms with E-state index in [1.807, 2.05) is 61.2 Å². The Morgan fingerprint density at radius 1 is 1.04 bits per heavy atom. The van der Waals surface area contributed by atoms with E-state index in [1.165, 1.54) is 35.4 Å². The molecule has 0 radical (unpaired) electrons. The van der Waals surface area contributed by atoms with E-state index in [2.05, 4.69) is 42.8 Å². The van der Waals surface area contributed by atoms with Crippen LogP contribution < -0.4 is 14.9 Å². The predicted octanol–water partition coefficient (Wildman–Crippen LogP) is 8.44. The fraction of sp³-hybridized carbons (Fsp3) is 0.286. The fourth-order valence-corrected chi connectivity index (χ4v) is 7.19. The number of aryl methyl sites for hydroxylation is 1. The Kier molecular flexibility index (Phi) is 12.8. The smallest absolute Gasteiger partial charge is 0.148 e. The standard InChI is InChI=1S/C35H39F2N7S3/c1-4-33-41-34(25-10-12-28(36)31(22-25)42-47-27-8-6-5-7-9-27)35(46-33)30(38-2)14-15-39-24-40-26-11-13-32(29(37)23-26)44-18-16-43(17-19-44)20-21-45-3/h5-15,22-23,40,42H,2,4,16-21,24H2,1,3H3/b30-14-,39-15-. The van der Waals surface area contributed by atoms with Gasteiger partial charge in [0.15, 0.2) is 0 Å². The van der Waals surface area contributed by atoms with Gasteiger partial charge in [-0.1, -0.05) is 25.1 Å². The molecular weight excluding hydrogens is 653 g/mol. The zero-order valence-electron chi connectivity index (χ0n) is 26.6. The fourth-order valence-electron chi connectivity index (χ4n) is 5.06. The van der Waals surface area contributed by atoms with E-state index in [9.17, 15) is 4.39 Å². The van der Waals surface area contributed by atoms with Gasteiger partial charge in [0.25, 0.3) is 0 Å². The van der Waals surface area contributed by atoms with Gasteiger partial charge in [0.2, 0.25) is 0 Å². The molecule has 1 aliphatic rings. The zero-order chi connectivity index (χ0) is 33.0. The number of thiazole rings is 1. The number of rotatable bonds is 15. The highest BCUT2D eigenvalue weighted by molar-refractivity contribution is 8.00. The molecule has 3 aromatic carbocycles. The molecule has 2 heterocycles. The third kappa shape index (κ3) is 9.44. The van der Waals surface area contributed by atoms with E-state index in [0.717, 1.165) is 65.2 Å². The van der Waals surface area contributed by atoms with Crippen LogP contribution in [0.3, 0.4) is 0 Å². The van der Waals surface area contributed by atoms with Crippen molar-refractivity contribution in [2.24, 2.45) is 9.98 Å². The van der Waals surface area contributed by atoms with Gasteiger partial charge < -0.3 is 14.9 Å². The first-order chi connectivity index (χ1) is 23.0. The summed E-state index contributed by atoms with van der Waals surface area (Å²) in [6.07, 6.45) is 6.31. The predicted molar refractivity (Wildman–Crippen MR) is 201 cm³/mol. The van der Waals surface area contributed by atoms with E-state index >= 15 is 4.39 Å². The molecule has 12 heteroatoms. The molecule has 1 aliphatic heterocycles. The lowest BCUT2D eigenvalue weighted by Crippen LogP contribution is -2.47. The Morgan fingerprint density at radius 2 is 1.85 bits per heavy atom. The van der Waals surface area contributed by atoms with Crippen molar-refractivity contribution in [2.45, 2.75) is 18.2 Å². The van der Waals surface area contributed by atoms with Crippen LogP contribution >= 0.6 is 35.0 Å². The minimum Gasteiger partial charge on any atom is -0.367 e. The molecule has 0 bridgehead atoms. The minimum atomic E-state index is -0.351. The summed E-state index contributed by atoms with van der Waals surface area (Å²) >= 11 is 4.72. The largest absolute Gasteiger partial charge is 0.367 e. The maximum absolute atomic E-state index is 15.0. The summed E-state index contributed by atoms with van der Waals surface area (Å²) in [6.45, 7) is 10.7. The molecule has 1 aromatic heterocycles. The topological polar surface area (TPSA) is 68.2 Å². The summed E-state index contributed by atoms with van der Waals surface area (Å²) in [7, 11) is 0. The van der Waals surface area contributed by atoms with E-state index in [0.29, 0.717) is 28.5 Å². The van der Waals surface area contributed by atoms with Gasteiger partial charge in [0, 0.05) is 60.8 Å². The van der Waals surface area contributed by atoms with Crippen molar-refractivity contribution >= 4 is 70.7 Å². The Bertz CT molecular complexity index is 1690. The monoisotopic (exact) mass is 691 g/mol. The second kappa shape index (κ2) is 17.4. The van der Waals surface area contributed by atoms with Crippen LogP contribution in [0.2, 0.25) is 0 Å². The molecule has 1 fully saturated rings. The van der Waals surface area contributed by atoms with Crippen molar-refractivity contribution in [3.63, 3.8) is 0 Å². The Morgan fingerprint density at radius 3 is 2.57 bits per heavy atom. The number of aliphatic imine (C=N–C) groups is 2. The van der Waals surface area contributed by atoms with Crippen LogP contribution in [-0.2, 0) is 6.42 Å². The summed E-state index contributed by atoms with van der Waals surface area (Å²) in [6, 6.07) is 19.9. The summed E-state index contributed by atoms with van der Waals surface area (Å²) in [5.41, 5.74) is 3.76. The van der Waals surface area contributed by atoms with E-state index in [4.69, 9.17) is 4.98 Å². The highest BCUT2D eigenvalue weighted by Gasteiger charge is 2.20. The third-order valence-electron chi connectivity index (χ3n) is 7.62. The molecule has 0 aliphatic carbocycles. The molecule has 0 saturated carbocycles. The number of allylic oxidation sites excluding steroid dienone is 1. The number of nitrogens with one attached hydrogen (secondary N) is 2. The summed E-state index contributed by atoms with van der Waals surface area (Å²) in [5.74, 6) is 0.530. The zero-order valence-corrected chi connectivity index (χ0v) is 29.0. The van der Waals surface area contributed by atoms with E-state index in [1.54, 1.807) is 24.4 Å². The Labute approximate surface area is 288 Å². The van der Waals surface area contributed by atoms with Crippen molar-refractivity contribution in [2.75, 3.05) is 66.3 Å². The number of nitrogens with zero attached hydrogens (tertiary/aromatic N) is 5. The quantitative estimate of drug-likeness (QED) is 0.0958. The lowest BCUT2D eigenvalue weighted by Gasteiger charge is -2.36. The van der Waals surface area contributed by atoms with Crippen LogP contribution in [0.1, 0.15) is 16.8 Å². The second-order valence-electron chi connectivity index (χ2n) is 10.7. The summed E-state index contributed by atoms with van der Waals surface area (Å²) in [5, 5.41) is 4.10. The first-order valence-electron chi connectivity index (χ1n) is 15.4. The van der Waals surface area contributed by atoms with Crippen LogP contribution in [0, 0.1) is 11.6 Å². The van der Waals surface area contributed by atoms with Crippen molar-refractivity contribution in [1.82, 2.24) is 9.88 Å². The highest BCUT2D eigenvalue weighted by atomic mass is 32.2. The van der Waals surface area contributed by atoms with E-state index < -0.39 is 0 Å². The molecule has 0 unspecified atom stereocenters. The van der Waals surface area contributed by atoms with Crippen molar-refractivity contribution in [3.8, 4) is 11.3 Å². The molecule has 7 nitrogen and oxygen atoms in total. The van der Waals surface area contributed by atoms with Crippen LogP contribution in [0.15, 0.2) is 87.7 Å². The Balaban J connectivity index is 1.22. The Hall–Kier alpha value is -3.71. The van der Waals surface area contributed by atoms with Gasteiger partial charge in [-0.15, -0.1) is 11.3 Å². The molecule has 246 valence electrons.